The van der Waals surface area contributed by atoms with Gasteiger partial charge in [0.25, 0.3) is 5.69 Å². The molecule has 0 radical (unpaired) electrons. The van der Waals surface area contributed by atoms with E-state index in [-0.39, 0.29) is 17.9 Å². The molecule has 1 aliphatic rings. The minimum atomic E-state index is -1.18. The first kappa shape index (κ1) is 32.5. The van der Waals surface area contributed by atoms with Crippen LogP contribution < -0.4 is 25.5 Å². The maximum absolute atomic E-state index is 12.4. The van der Waals surface area contributed by atoms with Crippen LogP contribution in [0, 0.1) is 30.9 Å². The minimum Gasteiger partial charge on any atom is -0.490 e. The lowest BCUT2D eigenvalue weighted by Gasteiger charge is -2.28. The Morgan fingerprint density at radius 1 is 1.16 bits per heavy atom. The second-order valence-electron chi connectivity index (χ2n) is 10.3. The summed E-state index contributed by atoms with van der Waals surface area (Å²) < 4.78 is 18.4. The molecule has 238 valence electrons. The molecule has 0 saturated heterocycles. The monoisotopic (exact) mass is 620 g/mol. The fourth-order valence-electron chi connectivity index (χ4n) is 5.06. The lowest BCUT2D eigenvalue weighted by Crippen LogP contribution is -2.45. The highest BCUT2D eigenvalue weighted by atomic mass is 16.6. The van der Waals surface area contributed by atoms with E-state index in [0.29, 0.717) is 40.6 Å². The SMILES string of the molecule is CCOc1cc([C@H]2NC(=O)NC(C)=C2C(=O)OC)ccc1OC[C@@H](O)N/N=C\c1cc(C)n(-c2ccc(C)c([N+](=O)[O-])c2)c1C. The van der Waals surface area contributed by atoms with Crippen LogP contribution in [0.3, 0.4) is 0 Å². The van der Waals surface area contributed by atoms with Crippen LogP contribution >= 0.6 is 0 Å². The Balaban J connectivity index is 1.44. The van der Waals surface area contributed by atoms with Crippen molar-refractivity contribution in [3.8, 4) is 17.2 Å². The van der Waals surface area contributed by atoms with Crippen LogP contribution in [0.25, 0.3) is 5.69 Å². The van der Waals surface area contributed by atoms with Gasteiger partial charge >= 0.3 is 12.0 Å². The summed E-state index contributed by atoms with van der Waals surface area (Å²) in [6.07, 6.45) is 0.367. The van der Waals surface area contributed by atoms with Crippen LogP contribution in [0.5, 0.6) is 11.5 Å². The van der Waals surface area contributed by atoms with Crippen molar-refractivity contribution >= 4 is 23.9 Å². The molecule has 2 aromatic carbocycles. The maximum atomic E-state index is 12.4. The van der Waals surface area contributed by atoms with Crippen LogP contribution in [-0.2, 0) is 9.53 Å². The highest BCUT2D eigenvalue weighted by Crippen LogP contribution is 2.35. The molecule has 2 heterocycles. The Bertz CT molecular complexity index is 1680. The van der Waals surface area contributed by atoms with Gasteiger partial charge in [-0.25, -0.2) is 9.59 Å². The van der Waals surface area contributed by atoms with Crippen LogP contribution in [0.4, 0.5) is 10.5 Å². The largest absolute Gasteiger partial charge is 0.490 e. The van der Waals surface area contributed by atoms with Crippen LogP contribution in [-0.4, -0.2) is 59.4 Å². The van der Waals surface area contributed by atoms with Crippen molar-refractivity contribution in [2.45, 2.75) is 46.9 Å². The van der Waals surface area contributed by atoms with Gasteiger partial charge in [0.05, 0.1) is 42.2 Å². The number of aliphatic hydroxyl groups is 1. The predicted molar refractivity (Wildman–Crippen MR) is 166 cm³/mol. The van der Waals surface area contributed by atoms with E-state index in [2.05, 4.69) is 21.2 Å². The van der Waals surface area contributed by atoms with E-state index >= 15 is 0 Å². The highest BCUT2D eigenvalue weighted by Gasteiger charge is 2.32. The molecule has 1 aromatic heterocycles. The van der Waals surface area contributed by atoms with E-state index in [1.165, 1.54) is 13.2 Å². The normalized spacial score (nSPS) is 15.4. The van der Waals surface area contributed by atoms with Gasteiger partial charge in [0.2, 0.25) is 0 Å². The summed E-state index contributed by atoms with van der Waals surface area (Å²) >= 11 is 0. The van der Waals surface area contributed by atoms with E-state index in [9.17, 15) is 24.8 Å². The highest BCUT2D eigenvalue weighted by molar-refractivity contribution is 5.95. The third-order valence-corrected chi connectivity index (χ3v) is 7.22. The molecule has 0 fully saturated rings. The number of rotatable bonds is 12. The molecule has 0 aliphatic carbocycles. The number of methoxy groups -OCH3 is 1. The molecular formula is C31H36N6O8. The number of esters is 1. The topological polar surface area (TPSA) is 179 Å². The number of benzene rings is 2. The Kier molecular flexibility index (Phi) is 10.1. The fraction of sp³-hybridized carbons (Fsp3) is 0.323. The van der Waals surface area contributed by atoms with Crippen molar-refractivity contribution in [3.63, 3.8) is 0 Å². The molecule has 3 aromatic rings. The second kappa shape index (κ2) is 13.9. The summed E-state index contributed by atoms with van der Waals surface area (Å²) in [5.74, 6) is 0.102. The van der Waals surface area contributed by atoms with Crippen LogP contribution in [0.15, 0.2) is 58.8 Å². The quantitative estimate of drug-likeness (QED) is 0.0770. The molecular weight excluding hydrogens is 584 g/mol. The van der Waals surface area contributed by atoms with E-state index in [1.807, 2.05) is 30.5 Å². The van der Waals surface area contributed by atoms with Gasteiger partial charge in [0.15, 0.2) is 17.7 Å². The summed E-state index contributed by atoms with van der Waals surface area (Å²) in [7, 11) is 1.27. The number of nitrogens with one attached hydrogen (secondary N) is 3. The molecule has 1 aliphatic heterocycles. The molecule has 2 amide bonds. The van der Waals surface area contributed by atoms with E-state index < -0.39 is 29.2 Å². The van der Waals surface area contributed by atoms with Crippen molar-refractivity contribution in [2.75, 3.05) is 20.3 Å². The molecule has 4 rings (SSSR count). The summed E-state index contributed by atoms with van der Waals surface area (Å²) in [5.41, 5.74) is 7.54. The summed E-state index contributed by atoms with van der Waals surface area (Å²) in [6.45, 7) is 9.01. The lowest BCUT2D eigenvalue weighted by molar-refractivity contribution is -0.385. The number of aryl methyl sites for hydroxylation is 2. The standard InChI is InChI=1S/C31H36N6O8/c1-7-44-26-13-21(29-28(30(39)43-6)19(4)33-31(40)34-29)9-11-25(26)45-16-27(38)35-32-15-22-12-18(3)36(20(22)5)23-10-8-17(2)24(14-23)37(41)42/h8-15,27,29,35,38H,7,16H2,1-6H3,(H2,33,34,40)/b32-15-/t27-,29-/m1/s1. The molecule has 0 unspecified atom stereocenters. The Hall–Kier alpha value is -5.37. The molecule has 2 atom stereocenters. The van der Waals surface area contributed by atoms with Gasteiger partial charge in [-0.2, -0.15) is 5.10 Å². The van der Waals surface area contributed by atoms with Crippen LogP contribution in [0.1, 0.15) is 48.0 Å². The van der Waals surface area contributed by atoms with Gasteiger partial charge in [0, 0.05) is 34.3 Å². The Morgan fingerprint density at radius 3 is 2.60 bits per heavy atom. The van der Waals surface area contributed by atoms with Crippen molar-refractivity contribution in [1.29, 1.82) is 0 Å². The first-order valence-electron chi connectivity index (χ1n) is 14.1. The average molecular weight is 621 g/mol. The number of carbonyl (C=O) groups is 2. The van der Waals surface area contributed by atoms with Gasteiger partial charge in [0.1, 0.15) is 6.61 Å². The molecule has 0 bridgehead atoms. The lowest BCUT2D eigenvalue weighted by atomic mass is 9.95. The molecule has 14 nitrogen and oxygen atoms in total. The first-order chi connectivity index (χ1) is 21.4. The van der Waals surface area contributed by atoms with E-state index in [4.69, 9.17) is 14.2 Å². The fourth-order valence-corrected chi connectivity index (χ4v) is 5.06. The van der Waals surface area contributed by atoms with Crippen molar-refractivity contribution in [2.24, 2.45) is 5.10 Å². The zero-order valence-corrected chi connectivity index (χ0v) is 25.8. The van der Waals surface area contributed by atoms with E-state index in [1.54, 1.807) is 51.3 Å². The molecule has 45 heavy (non-hydrogen) atoms. The molecule has 4 N–H and O–H groups in total. The van der Waals surface area contributed by atoms with Gasteiger partial charge in [-0.15, -0.1) is 0 Å². The van der Waals surface area contributed by atoms with Gasteiger partial charge in [-0.3, -0.25) is 15.5 Å². The molecule has 0 spiro atoms. The zero-order valence-electron chi connectivity index (χ0n) is 25.8. The predicted octanol–water partition coefficient (Wildman–Crippen LogP) is 3.83. The van der Waals surface area contributed by atoms with Gasteiger partial charge < -0.3 is 34.5 Å². The van der Waals surface area contributed by atoms with Gasteiger partial charge in [-0.1, -0.05) is 12.1 Å². The number of allylic oxidation sites excluding steroid dienone is 1. The van der Waals surface area contributed by atoms with Crippen molar-refractivity contribution in [1.82, 2.24) is 20.6 Å². The second-order valence-corrected chi connectivity index (χ2v) is 10.3. The summed E-state index contributed by atoms with van der Waals surface area (Å²) in [5, 5.41) is 31.4. The number of nitrogens with zero attached hydrogens (tertiary/aromatic N) is 3. The third kappa shape index (κ3) is 7.24. The third-order valence-electron chi connectivity index (χ3n) is 7.22. The number of hydrazone groups is 1. The number of carbonyl (C=O) groups excluding carboxylic acids is 2. The summed E-state index contributed by atoms with van der Waals surface area (Å²) in [6, 6.07) is 10.7. The Morgan fingerprint density at radius 2 is 1.91 bits per heavy atom. The number of hydrogen-bond donors (Lipinski definition) is 4. The van der Waals surface area contributed by atoms with Crippen molar-refractivity contribution < 1.29 is 33.8 Å². The minimum absolute atomic E-state index is 0.0399. The van der Waals surface area contributed by atoms with Gasteiger partial charge in [-0.05, 0) is 64.4 Å². The molecule has 0 saturated carbocycles. The average Bonchev–Trinajstić information content (AvgIpc) is 3.28. The number of aromatic nitrogens is 1. The smallest absolute Gasteiger partial charge is 0.337 e. The number of urea groups is 1. The summed E-state index contributed by atoms with van der Waals surface area (Å²) in [4.78, 5) is 35.6. The molecule has 14 heteroatoms. The number of ether oxygens (including phenoxy) is 3. The zero-order chi connectivity index (χ0) is 32.8. The number of hydrogen-bond acceptors (Lipinski definition) is 10. The number of nitro groups is 1. The number of amides is 2. The van der Waals surface area contributed by atoms with Crippen molar-refractivity contribution in [3.05, 3.63) is 91.9 Å². The van der Waals surface area contributed by atoms with Crippen LogP contribution in [0.2, 0.25) is 0 Å². The maximum Gasteiger partial charge on any atom is 0.337 e. The number of aliphatic hydroxyl groups excluding tert-OH is 1. The number of nitro benzene ring substituents is 1. The Labute approximate surface area is 259 Å². The first-order valence-corrected chi connectivity index (χ1v) is 14.1. The van der Waals surface area contributed by atoms with E-state index in [0.717, 1.165) is 17.0 Å².